The van der Waals surface area contributed by atoms with E-state index in [9.17, 15) is 4.79 Å². The molecule has 1 aromatic carbocycles. The first-order chi connectivity index (χ1) is 9.14. The minimum absolute atomic E-state index is 0.0171. The quantitative estimate of drug-likeness (QED) is 0.779. The van der Waals surface area contributed by atoms with Gasteiger partial charge in [0, 0.05) is 18.0 Å². The summed E-state index contributed by atoms with van der Waals surface area (Å²) in [4.78, 5) is 13.9. The van der Waals surface area contributed by atoms with E-state index in [4.69, 9.17) is 10.2 Å². The zero-order valence-corrected chi connectivity index (χ0v) is 11.0. The molecule has 5 nitrogen and oxygen atoms in total. The van der Waals surface area contributed by atoms with Crippen LogP contribution in [0.4, 0.5) is 0 Å². The van der Waals surface area contributed by atoms with Crippen molar-refractivity contribution in [3.05, 3.63) is 34.3 Å². The molecule has 1 saturated carbocycles. The molecule has 1 aliphatic carbocycles. The van der Waals surface area contributed by atoms with Gasteiger partial charge in [-0.1, -0.05) is 12.5 Å². The highest BCUT2D eigenvalue weighted by Gasteiger charge is 2.42. The van der Waals surface area contributed by atoms with Crippen LogP contribution in [0.3, 0.4) is 0 Å². The van der Waals surface area contributed by atoms with Gasteiger partial charge in [0.15, 0.2) is 5.58 Å². The minimum Gasteiger partial charge on any atom is -0.408 e. The van der Waals surface area contributed by atoms with Gasteiger partial charge in [0.25, 0.3) is 0 Å². The second-order valence-corrected chi connectivity index (χ2v) is 5.49. The average molecular weight is 261 g/mol. The van der Waals surface area contributed by atoms with Crippen molar-refractivity contribution in [3.63, 3.8) is 0 Å². The lowest BCUT2D eigenvalue weighted by Crippen LogP contribution is -2.46. The van der Waals surface area contributed by atoms with Gasteiger partial charge >= 0.3 is 5.76 Å². The monoisotopic (exact) mass is 261 g/mol. The highest BCUT2D eigenvalue weighted by molar-refractivity contribution is 5.73. The molecule has 0 saturated heterocycles. The Morgan fingerprint density at radius 3 is 2.95 bits per heavy atom. The van der Waals surface area contributed by atoms with Crippen LogP contribution in [0, 0.1) is 5.41 Å². The fourth-order valence-corrected chi connectivity index (χ4v) is 3.10. The first-order valence-corrected chi connectivity index (χ1v) is 6.68. The van der Waals surface area contributed by atoms with Crippen molar-refractivity contribution in [2.45, 2.75) is 25.3 Å². The van der Waals surface area contributed by atoms with Crippen molar-refractivity contribution < 1.29 is 4.42 Å². The number of rotatable bonds is 4. The molecule has 0 amide bonds. The van der Waals surface area contributed by atoms with E-state index >= 15 is 0 Å². The third-order valence-corrected chi connectivity index (χ3v) is 4.34. The van der Waals surface area contributed by atoms with Gasteiger partial charge in [-0.05, 0) is 37.6 Å². The molecule has 2 aromatic rings. The zero-order valence-electron chi connectivity index (χ0n) is 11.0. The van der Waals surface area contributed by atoms with Gasteiger partial charge in [-0.2, -0.15) is 0 Å². The smallest absolute Gasteiger partial charge is 0.408 e. The third kappa shape index (κ3) is 1.99. The van der Waals surface area contributed by atoms with Gasteiger partial charge in [0.1, 0.15) is 0 Å². The lowest BCUT2D eigenvalue weighted by molar-refractivity contribution is 0.0948. The number of nitrogens with two attached hydrogens (primary N) is 1. The molecular weight excluding hydrogens is 242 g/mol. The summed E-state index contributed by atoms with van der Waals surface area (Å²) in [6.45, 7) is 0.925. The van der Waals surface area contributed by atoms with Crippen molar-refractivity contribution in [2.75, 3.05) is 13.6 Å². The molecule has 1 heterocycles. The van der Waals surface area contributed by atoms with E-state index in [0.29, 0.717) is 5.58 Å². The van der Waals surface area contributed by atoms with Gasteiger partial charge in [-0.3, -0.25) is 4.98 Å². The van der Waals surface area contributed by atoms with Crippen molar-refractivity contribution in [1.29, 1.82) is 0 Å². The van der Waals surface area contributed by atoms with E-state index < -0.39 is 5.76 Å². The standard InChI is InChI=1S/C14H19N3O2/c1-16-8-14(5-2-6-14)12(15)9-3-4-11-10(7-9)17-13(18)19-11/h3-4,7,12,16H,2,5-6,8,15H2,1H3,(H,17,18). The Labute approximate surface area is 111 Å². The molecule has 1 fully saturated rings. The van der Waals surface area contributed by atoms with Crippen LogP contribution >= 0.6 is 0 Å². The molecule has 3 rings (SSSR count). The molecule has 0 radical (unpaired) electrons. The first kappa shape index (κ1) is 12.4. The van der Waals surface area contributed by atoms with Crippen LogP contribution in [-0.4, -0.2) is 18.6 Å². The molecule has 1 atom stereocenters. The van der Waals surface area contributed by atoms with Crippen LogP contribution in [0.5, 0.6) is 0 Å². The molecule has 19 heavy (non-hydrogen) atoms. The van der Waals surface area contributed by atoms with Crippen molar-refractivity contribution >= 4 is 11.1 Å². The molecule has 5 heteroatoms. The third-order valence-electron chi connectivity index (χ3n) is 4.34. The normalized spacial score (nSPS) is 19.3. The molecule has 1 aliphatic rings. The number of hydrogen-bond acceptors (Lipinski definition) is 4. The van der Waals surface area contributed by atoms with E-state index in [2.05, 4.69) is 10.3 Å². The molecule has 102 valence electrons. The molecule has 0 spiro atoms. The maximum absolute atomic E-state index is 11.2. The van der Waals surface area contributed by atoms with Crippen molar-refractivity contribution in [1.82, 2.24) is 10.3 Å². The fourth-order valence-electron chi connectivity index (χ4n) is 3.10. The van der Waals surface area contributed by atoms with Gasteiger partial charge in [0.05, 0.1) is 5.52 Å². The summed E-state index contributed by atoms with van der Waals surface area (Å²) in [6, 6.07) is 5.69. The predicted molar refractivity (Wildman–Crippen MR) is 74.0 cm³/mol. The molecule has 0 bridgehead atoms. The summed E-state index contributed by atoms with van der Waals surface area (Å²) >= 11 is 0. The van der Waals surface area contributed by atoms with Crippen LogP contribution < -0.4 is 16.8 Å². The topological polar surface area (TPSA) is 84.0 Å². The lowest BCUT2D eigenvalue weighted by Gasteiger charge is -2.46. The summed E-state index contributed by atoms with van der Waals surface area (Å²) < 4.78 is 5.01. The molecular formula is C14H19N3O2. The Morgan fingerprint density at radius 1 is 1.53 bits per heavy atom. The lowest BCUT2D eigenvalue weighted by atomic mass is 9.62. The van der Waals surface area contributed by atoms with Crippen LogP contribution in [0.2, 0.25) is 0 Å². The number of H-pyrrole nitrogens is 1. The van der Waals surface area contributed by atoms with E-state index in [1.54, 1.807) is 0 Å². The Bertz CT molecular complexity index is 639. The Kier molecular flexibility index (Phi) is 2.95. The molecule has 4 N–H and O–H groups in total. The number of nitrogens with one attached hydrogen (secondary N) is 2. The van der Waals surface area contributed by atoms with Crippen LogP contribution in [0.15, 0.2) is 27.4 Å². The number of hydrogen-bond donors (Lipinski definition) is 3. The van der Waals surface area contributed by atoms with Crippen LogP contribution in [0.25, 0.3) is 11.1 Å². The number of benzene rings is 1. The Hall–Kier alpha value is -1.59. The SMILES string of the molecule is CNCC1(C(N)c2ccc3oc(=O)[nH]c3c2)CCC1. The molecule has 1 aromatic heterocycles. The minimum atomic E-state index is -0.422. The fraction of sp³-hybridized carbons (Fsp3) is 0.500. The summed E-state index contributed by atoms with van der Waals surface area (Å²) in [7, 11) is 1.96. The second kappa shape index (κ2) is 4.51. The predicted octanol–water partition coefficient (Wildman–Crippen LogP) is 1.51. The van der Waals surface area contributed by atoms with E-state index in [-0.39, 0.29) is 11.5 Å². The van der Waals surface area contributed by atoms with Crippen LogP contribution in [0.1, 0.15) is 30.9 Å². The van der Waals surface area contributed by atoms with Gasteiger partial charge in [-0.25, -0.2) is 4.79 Å². The highest BCUT2D eigenvalue weighted by Crippen LogP contribution is 2.48. The number of aromatic amines is 1. The number of aromatic nitrogens is 1. The van der Waals surface area contributed by atoms with Gasteiger partial charge < -0.3 is 15.5 Å². The summed E-state index contributed by atoms with van der Waals surface area (Å²) in [5.74, 6) is -0.422. The summed E-state index contributed by atoms with van der Waals surface area (Å²) in [5, 5.41) is 3.25. The maximum Gasteiger partial charge on any atom is 0.417 e. The van der Waals surface area contributed by atoms with Gasteiger partial charge in [0.2, 0.25) is 0 Å². The van der Waals surface area contributed by atoms with Crippen molar-refractivity contribution in [2.24, 2.45) is 11.1 Å². The zero-order chi connectivity index (χ0) is 13.5. The molecule has 0 aliphatic heterocycles. The molecule has 1 unspecified atom stereocenters. The number of oxazole rings is 1. The average Bonchev–Trinajstić information content (AvgIpc) is 2.72. The van der Waals surface area contributed by atoms with E-state index in [1.165, 1.54) is 6.42 Å². The van der Waals surface area contributed by atoms with E-state index in [1.807, 2.05) is 25.2 Å². The summed E-state index contributed by atoms with van der Waals surface area (Å²) in [5.41, 5.74) is 8.96. The number of fused-ring (bicyclic) bond motifs is 1. The van der Waals surface area contributed by atoms with Crippen molar-refractivity contribution in [3.8, 4) is 0 Å². The first-order valence-electron chi connectivity index (χ1n) is 6.68. The van der Waals surface area contributed by atoms with Crippen LogP contribution in [-0.2, 0) is 0 Å². The maximum atomic E-state index is 11.2. The Balaban J connectivity index is 1.96. The largest absolute Gasteiger partial charge is 0.417 e. The second-order valence-electron chi connectivity index (χ2n) is 5.49. The summed E-state index contributed by atoms with van der Waals surface area (Å²) in [6.07, 6.45) is 3.53. The van der Waals surface area contributed by atoms with Gasteiger partial charge in [-0.15, -0.1) is 0 Å². The highest BCUT2D eigenvalue weighted by atomic mass is 16.4. The Morgan fingerprint density at radius 2 is 2.32 bits per heavy atom. The van der Waals surface area contributed by atoms with E-state index in [0.717, 1.165) is 30.5 Å².